The number of fused-ring (bicyclic) bond motifs is 1. The SMILES string of the molecule is COc1cc(Cl)c(/C=N\NC(=O)c2cc3ccccc3o2)cc1OC. The van der Waals surface area contributed by atoms with Crippen LogP contribution in [-0.2, 0) is 0 Å². The second-order valence-corrected chi connectivity index (χ2v) is 5.48. The average molecular weight is 359 g/mol. The van der Waals surface area contributed by atoms with E-state index < -0.39 is 5.91 Å². The molecule has 0 fully saturated rings. The summed E-state index contributed by atoms with van der Waals surface area (Å²) in [6.45, 7) is 0. The fourth-order valence-electron chi connectivity index (χ4n) is 2.28. The lowest BCUT2D eigenvalue weighted by Crippen LogP contribution is -2.16. The fraction of sp³-hybridized carbons (Fsp3) is 0.111. The normalized spacial score (nSPS) is 11.0. The minimum absolute atomic E-state index is 0.178. The smallest absolute Gasteiger partial charge is 0.307 e. The summed E-state index contributed by atoms with van der Waals surface area (Å²) in [7, 11) is 3.05. The monoisotopic (exact) mass is 358 g/mol. The van der Waals surface area contributed by atoms with E-state index in [1.165, 1.54) is 20.4 Å². The Labute approximate surface area is 149 Å². The Kier molecular flexibility index (Phi) is 4.90. The summed E-state index contributed by atoms with van der Waals surface area (Å²) in [5.74, 6) is 0.744. The standard InChI is InChI=1S/C18H15ClN2O4/c1-23-15-8-12(13(19)9-16(15)24-2)10-20-21-18(22)17-7-11-5-3-4-6-14(11)25-17/h3-10H,1-2H3,(H,21,22)/b20-10-. The van der Waals surface area contributed by atoms with E-state index in [1.807, 2.05) is 18.2 Å². The van der Waals surface area contributed by atoms with Gasteiger partial charge in [0.1, 0.15) is 5.58 Å². The molecule has 0 saturated carbocycles. The molecule has 3 rings (SSSR count). The molecule has 0 aliphatic carbocycles. The molecule has 3 aromatic rings. The number of nitrogens with one attached hydrogen (secondary N) is 1. The van der Waals surface area contributed by atoms with Crippen molar-refractivity contribution in [3.05, 3.63) is 58.8 Å². The van der Waals surface area contributed by atoms with E-state index in [0.29, 0.717) is 27.7 Å². The molecule has 1 aromatic heterocycles. The molecule has 7 heteroatoms. The van der Waals surface area contributed by atoms with Crippen molar-refractivity contribution in [1.82, 2.24) is 5.43 Å². The van der Waals surface area contributed by atoms with Crippen LogP contribution >= 0.6 is 11.6 Å². The number of para-hydroxylation sites is 1. The van der Waals surface area contributed by atoms with Gasteiger partial charge in [-0.1, -0.05) is 29.8 Å². The van der Waals surface area contributed by atoms with Gasteiger partial charge in [0, 0.05) is 17.0 Å². The molecule has 0 unspecified atom stereocenters. The van der Waals surface area contributed by atoms with Crippen LogP contribution in [0, 0.1) is 0 Å². The first-order valence-electron chi connectivity index (χ1n) is 7.36. The van der Waals surface area contributed by atoms with Crippen LogP contribution in [-0.4, -0.2) is 26.3 Å². The molecule has 0 aliphatic heterocycles. The third kappa shape index (κ3) is 3.59. The fourth-order valence-corrected chi connectivity index (χ4v) is 2.48. The number of amides is 1. The molecule has 0 radical (unpaired) electrons. The maximum absolute atomic E-state index is 12.1. The summed E-state index contributed by atoms with van der Waals surface area (Å²) >= 11 is 6.16. The predicted molar refractivity (Wildman–Crippen MR) is 95.8 cm³/mol. The largest absolute Gasteiger partial charge is 0.493 e. The number of halogens is 1. The lowest BCUT2D eigenvalue weighted by Gasteiger charge is -2.09. The molecule has 1 heterocycles. The Morgan fingerprint density at radius 2 is 1.88 bits per heavy atom. The first-order chi connectivity index (χ1) is 12.1. The van der Waals surface area contributed by atoms with E-state index >= 15 is 0 Å². The van der Waals surface area contributed by atoms with Crippen molar-refractivity contribution in [2.75, 3.05) is 14.2 Å². The van der Waals surface area contributed by atoms with Gasteiger partial charge in [0.15, 0.2) is 17.3 Å². The van der Waals surface area contributed by atoms with Crippen LogP contribution < -0.4 is 14.9 Å². The first-order valence-corrected chi connectivity index (χ1v) is 7.73. The van der Waals surface area contributed by atoms with Gasteiger partial charge in [-0.25, -0.2) is 5.43 Å². The van der Waals surface area contributed by atoms with Crippen LogP contribution in [0.1, 0.15) is 16.1 Å². The third-order valence-corrected chi connectivity index (χ3v) is 3.85. The van der Waals surface area contributed by atoms with E-state index in [-0.39, 0.29) is 5.76 Å². The maximum atomic E-state index is 12.1. The van der Waals surface area contributed by atoms with Crippen molar-refractivity contribution in [1.29, 1.82) is 0 Å². The highest BCUT2D eigenvalue weighted by atomic mass is 35.5. The summed E-state index contributed by atoms with van der Waals surface area (Å²) in [5.41, 5.74) is 3.62. The number of ether oxygens (including phenoxy) is 2. The number of rotatable bonds is 5. The molecule has 25 heavy (non-hydrogen) atoms. The van der Waals surface area contributed by atoms with Crippen molar-refractivity contribution in [3.8, 4) is 11.5 Å². The number of furan rings is 1. The van der Waals surface area contributed by atoms with Gasteiger partial charge in [-0.05, 0) is 18.2 Å². The second-order valence-electron chi connectivity index (χ2n) is 5.08. The zero-order valence-corrected chi connectivity index (χ0v) is 14.3. The molecule has 1 N–H and O–H groups in total. The van der Waals surface area contributed by atoms with E-state index in [0.717, 1.165) is 5.39 Å². The number of methoxy groups -OCH3 is 2. The summed E-state index contributed by atoms with van der Waals surface area (Å²) in [6, 6.07) is 12.3. The maximum Gasteiger partial charge on any atom is 0.307 e. The van der Waals surface area contributed by atoms with E-state index in [2.05, 4.69) is 10.5 Å². The molecule has 128 valence electrons. The molecule has 6 nitrogen and oxygen atoms in total. The summed E-state index contributed by atoms with van der Waals surface area (Å²) in [5, 5.41) is 5.18. The quantitative estimate of drug-likeness (QED) is 0.555. The lowest BCUT2D eigenvalue weighted by atomic mass is 10.2. The zero-order chi connectivity index (χ0) is 17.8. The Morgan fingerprint density at radius 1 is 1.16 bits per heavy atom. The van der Waals surface area contributed by atoms with Gasteiger partial charge in [-0.3, -0.25) is 4.79 Å². The topological polar surface area (TPSA) is 73.1 Å². The summed E-state index contributed by atoms with van der Waals surface area (Å²) in [4.78, 5) is 12.1. The molecule has 2 aromatic carbocycles. The van der Waals surface area contributed by atoms with Gasteiger partial charge in [0.25, 0.3) is 0 Å². The molecule has 0 spiro atoms. The van der Waals surface area contributed by atoms with Gasteiger partial charge in [0.2, 0.25) is 0 Å². The number of carbonyl (C=O) groups excluding carboxylic acids is 1. The lowest BCUT2D eigenvalue weighted by molar-refractivity contribution is 0.0929. The highest BCUT2D eigenvalue weighted by molar-refractivity contribution is 6.33. The van der Waals surface area contributed by atoms with Gasteiger partial charge in [-0.15, -0.1) is 0 Å². The predicted octanol–water partition coefficient (Wildman–Crippen LogP) is 3.87. The molecule has 0 atom stereocenters. The van der Waals surface area contributed by atoms with Gasteiger partial charge < -0.3 is 13.9 Å². The second kappa shape index (κ2) is 7.27. The van der Waals surface area contributed by atoms with Crippen LogP contribution in [0.25, 0.3) is 11.0 Å². The van der Waals surface area contributed by atoms with E-state index in [1.54, 1.807) is 24.3 Å². The van der Waals surface area contributed by atoms with Crippen LogP contribution in [0.3, 0.4) is 0 Å². The zero-order valence-electron chi connectivity index (χ0n) is 13.6. The van der Waals surface area contributed by atoms with Crippen molar-refractivity contribution in [2.24, 2.45) is 5.10 Å². The van der Waals surface area contributed by atoms with Gasteiger partial charge >= 0.3 is 5.91 Å². The molecular formula is C18H15ClN2O4. The van der Waals surface area contributed by atoms with Crippen molar-refractivity contribution in [3.63, 3.8) is 0 Å². The highest BCUT2D eigenvalue weighted by Crippen LogP contribution is 2.32. The first kappa shape index (κ1) is 16.9. The molecule has 1 amide bonds. The van der Waals surface area contributed by atoms with E-state index in [9.17, 15) is 4.79 Å². The number of hydrogen-bond donors (Lipinski definition) is 1. The Balaban J connectivity index is 1.75. The summed E-state index contributed by atoms with van der Waals surface area (Å²) < 4.78 is 15.9. The van der Waals surface area contributed by atoms with Gasteiger partial charge in [-0.2, -0.15) is 5.10 Å². The molecule has 0 aliphatic rings. The minimum Gasteiger partial charge on any atom is -0.493 e. The number of hydrazone groups is 1. The number of benzene rings is 2. The number of hydrogen-bond acceptors (Lipinski definition) is 5. The molecular weight excluding hydrogens is 344 g/mol. The average Bonchev–Trinajstić information content (AvgIpc) is 3.06. The minimum atomic E-state index is -0.455. The van der Waals surface area contributed by atoms with Crippen molar-refractivity contribution >= 4 is 34.7 Å². The van der Waals surface area contributed by atoms with Crippen LogP contribution in [0.15, 0.2) is 52.0 Å². The van der Waals surface area contributed by atoms with E-state index in [4.69, 9.17) is 25.5 Å². The molecule has 0 bridgehead atoms. The summed E-state index contributed by atoms with van der Waals surface area (Å²) in [6.07, 6.45) is 1.42. The highest BCUT2D eigenvalue weighted by Gasteiger charge is 2.12. The Hall–Kier alpha value is -2.99. The van der Waals surface area contributed by atoms with Crippen LogP contribution in [0.2, 0.25) is 5.02 Å². The third-order valence-electron chi connectivity index (χ3n) is 3.52. The Morgan fingerprint density at radius 3 is 2.60 bits per heavy atom. The number of carbonyl (C=O) groups is 1. The van der Waals surface area contributed by atoms with Crippen molar-refractivity contribution < 1.29 is 18.7 Å². The number of nitrogens with zero attached hydrogens (tertiary/aromatic N) is 1. The van der Waals surface area contributed by atoms with Crippen LogP contribution in [0.4, 0.5) is 0 Å². The Bertz CT molecular complexity index is 916. The molecule has 0 saturated heterocycles. The van der Waals surface area contributed by atoms with Crippen molar-refractivity contribution in [2.45, 2.75) is 0 Å². The van der Waals surface area contributed by atoms with Crippen LogP contribution in [0.5, 0.6) is 11.5 Å². The van der Waals surface area contributed by atoms with Gasteiger partial charge in [0.05, 0.1) is 25.5 Å².